The van der Waals surface area contributed by atoms with Crippen molar-refractivity contribution in [3.05, 3.63) is 60.2 Å². The van der Waals surface area contributed by atoms with Gasteiger partial charge >= 0.3 is 0 Å². The molecule has 166 valence electrons. The number of sulfonamides is 1. The Balaban J connectivity index is 1.48. The number of hydrogen-bond donors (Lipinski definition) is 0. The summed E-state index contributed by atoms with van der Waals surface area (Å²) < 4.78 is 27.3. The van der Waals surface area contributed by atoms with E-state index in [-0.39, 0.29) is 35.0 Å². The Morgan fingerprint density at radius 3 is 2.23 bits per heavy atom. The minimum absolute atomic E-state index is 0.0751. The van der Waals surface area contributed by atoms with Gasteiger partial charge in [0.15, 0.2) is 0 Å². The summed E-state index contributed by atoms with van der Waals surface area (Å²) >= 11 is 0. The van der Waals surface area contributed by atoms with E-state index in [1.165, 1.54) is 4.31 Å². The summed E-state index contributed by atoms with van der Waals surface area (Å²) in [6.07, 6.45) is 2.54. The molecule has 2 aromatic carbocycles. The fourth-order valence-corrected chi connectivity index (χ4v) is 8.43. The monoisotopic (exact) mass is 439 g/mol. The van der Waals surface area contributed by atoms with E-state index in [0.717, 1.165) is 29.5 Å². The van der Waals surface area contributed by atoms with Crippen LogP contribution in [0.1, 0.15) is 52.5 Å². The fourth-order valence-electron chi connectivity index (χ4n) is 5.86. The van der Waals surface area contributed by atoms with E-state index in [2.05, 4.69) is 52.0 Å². The molecule has 1 amide bonds. The van der Waals surface area contributed by atoms with Gasteiger partial charge in [-0.1, -0.05) is 88.7 Å². The first-order valence-corrected chi connectivity index (χ1v) is 12.9. The second-order valence-corrected chi connectivity index (χ2v) is 11.9. The first-order valence-electron chi connectivity index (χ1n) is 11.3. The lowest BCUT2D eigenvalue weighted by Gasteiger charge is -2.40. The molecular weight excluding hydrogens is 406 g/mol. The van der Waals surface area contributed by atoms with E-state index in [0.29, 0.717) is 12.3 Å². The third-order valence-corrected chi connectivity index (χ3v) is 10.3. The largest absolute Gasteiger partial charge is 0.274 e. The summed E-state index contributed by atoms with van der Waals surface area (Å²) in [6.45, 7) is 8.59. The van der Waals surface area contributed by atoms with E-state index in [1.807, 2.05) is 30.3 Å². The van der Waals surface area contributed by atoms with Gasteiger partial charge in [0.25, 0.3) is 0 Å². The molecule has 1 aliphatic carbocycles. The van der Waals surface area contributed by atoms with Crippen LogP contribution in [0.25, 0.3) is 11.1 Å². The van der Waals surface area contributed by atoms with Crippen LogP contribution in [0.5, 0.6) is 0 Å². The van der Waals surface area contributed by atoms with Crippen molar-refractivity contribution in [3.63, 3.8) is 0 Å². The predicted molar refractivity (Wildman–Crippen MR) is 125 cm³/mol. The van der Waals surface area contributed by atoms with Gasteiger partial charge < -0.3 is 0 Å². The van der Waals surface area contributed by atoms with Gasteiger partial charge in [-0.3, -0.25) is 4.79 Å². The lowest BCUT2D eigenvalue weighted by Crippen LogP contribution is -2.43. The summed E-state index contributed by atoms with van der Waals surface area (Å²) in [5, 5.41) is 0. The predicted octanol–water partition coefficient (Wildman–Crippen LogP) is 5.29. The Morgan fingerprint density at radius 1 is 1.00 bits per heavy atom. The van der Waals surface area contributed by atoms with Crippen LogP contribution in [0.4, 0.5) is 0 Å². The van der Waals surface area contributed by atoms with E-state index >= 15 is 0 Å². The van der Waals surface area contributed by atoms with Crippen LogP contribution in [0.2, 0.25) is 0 Å². The second kappa shape index (κ2) is 7.77. The van der Waals surface area contributed by atoms with Gasteiger partial charge in [0.2, 0.25) is 15.9 Å². The minimum Gasteiger partial charge on any atom is -0.274 e. The Morgan fingerprint density at radius 2 is 1.61 bits per heavy atom. The highest BCUT2D eigenvalue weighted by atomic mass is 32.2. The first-order chi connectivity index (χ1) is 14.6. The average molecular weight is 440 g/mol. The molecule has 2 fully saturated rings. The van der Waals surface area contributed by atoms with Gasteiger partial charge in [-0.25, -0.2) is 12.7 Å². The Kier molecular flexibility index (Phi) is 5.53. The zero-order chi connectivity index (χ0) is 22.4. The first kappa shape index (κ1) is 22.1. The summed E-state index contributed by atoms with van der Waals surface area (Å²) in [6, 6.07) is 18.1. The molecule has 1 heterocycles. The summed E-state index contributed by atoms with van der Waals surface area (Å²) in [5.41, 5.74) is 2.83. The highest BCUT2D eigenvalue weighted by Crippen LogP contribution is 2.62. The number of benzene rings is 2. The van der Waals surface area contributed by atoms with Crippen molar-refractivity contribution in [1.29, 1.82) is 0 Å². The van der Waals surface area contributed by atoms with Crippen LogP contribution >= 0.6 is 0 Å². The molecule has 4 rings (SSSR count). The third kappa shape index (κ3) is 3.61. The minimum atomic E-state index is -3.57. The van der Waals surface area contributed by atoms with Crippen molar-refractivity contribution in [1.82, 2.24) is 4.31 Å². The summed E-state index contributed by atoms with van der Waals surface area (Å²) in [4.78, 5) is 13.2. The molecule has 1 saturated carbocycles. The van der Waals surface area contributed by atoms with Crippen LogP contribution in [-0.2, 0) is 21.2 Å². The molecule has 0 bridgehead atoms. The smallest absolute Gasteiger partial charge is 0.238 e. The van der Waals surface area contributed by atoms with Crippen LogP contribution in [0, 0.1) is 16.7 Å². The highest BCUT2D eigenvalue weighted by Gasteiger charge is 2.66. The molecule has 2 aliphatic rings. The standard InChI is InChI=1S/C26H33NO3S/c1-5-22-17-23-26(4,25(22,2)3)18-31(29,30)27(23)24(28)16-13-19-11-14-21(15-12-19)20-9-7-6-8-10-20/h6-12,14-15,22-23H,5,13,16-18H2,1-4H3/t22-,23-,26?/m0/s1. The maximum atomic E-state index is 13.2. The van der Waals surface area contributed by atoms with E-state index in [1.54, 1.807) is 0 Å². The highest BCUT2D eigenvalue weighted by molar-refractivity contribution is 7.90. The average Bonchev–Trinajstić information content (AvgIpc) is 3.07. The maximum absolute atomic E-state index is 13.2. The fraction of sp³-hybridized carbons (Fsp3) is 0.500. The van der Waals surface area contributed by atoms with Crippen LogP contribution < -0.4 is 0 Å². The molecule has 4 nitrogen and oxygen atoms in total. The molecular formula is C26H33NO3S. The molecule has 0 spiro atoms. The van der Waals surface area contributed by atoms with Gasteiger partial charge in [0.1, 0.15) is 0 Å². The van der Waals surface area contributed by atoms with Crippen LogP contribution in [-0.4, -0.2) is 30.4 Å². The lowest BCUT2D eigenvalue weighted by molar-refractivity contribution is -0.128. The van der Waals surface area contributed by atoms with Crippen LogP contribution in [0.3, 0.4) is 0 Å². The number of carbonyl (C=O) groups is 1. The molecule has 3 atom stereocenters. The van der Waals surface area contributed by atoms with Crippen molar-refractivity contribution in [2.45, 2.75) is 59.4 Å². The lowest BCUT2D eigenvalue weighted by atomic mass is 9.65. The Labute approximate surface area is 186 Å². The molecule has 1 saturated heterocycles. The van der Waals surface area contributed by atoms with Crippen LogP contribution in [0.15, 0.2) is 54.6 Å². The van der Waals surface area contributed by atoms with Crippen molar-refractivity contribution in [3.8, 4) is 11.1 Å². The van der Waals surface area contributed by atoms with Gasteiger partial charge in [-0.15, -0.1) is 0 Å². The number of aryl methyl sites for hydroxylation is 1. The zero-order valence-corrected chi connectivity index (χ0v) is 19.8. The maximum Gasteiger partial charge on any atom is 0.238 e. The molecule has 1 aliphatic heterocycles. The molecule has 1 unspecified atom stereocenters. The summed E-state index contributed by atoms with van der Waals surface area (Å²) in [7, 11) is -3.57. The quantitative estimate of drug-likeness (QED) is 0.636. The number of carbonyl (C=O) groups excluding carboxylic acids is 1. The van der Waals surface area contributed by atoms with Crippen molar-refractivity contribution >= 4 is 15.9 Å². The van der Waals surface area contributed by atoms with Crippen molar-refractivity contribution in [2.24, 2.45) is 16.7 Å². The SMILES string of the molecule is CC[C@H]1C[C@@H]2N(C(=O)CCc3ccc(-c4ccccc4)cc3)S(=O)(=O)CC2(C)C1(C)C. The van der Waals surface area contributed by atoms with E-state index in [9.17, 15) is 13.2 Å². The van der Waals surface area contributed by atoms with Gasteiger partial charge in [0, 0.05) is 11.8 Å². The zero-order valence-electron chi connectivity index (χ0n) is 19.0. The van der Waals surface area contributed by atoms with Crippen molar-refractivity contribution < 1.29 is 13.2 Å². The van der Waals surface area contributed by atoms with Gasteiger partial charge in [0.05, 0.1) is 11.8 Å². The Hall–Kier alpha value is -2.14. The van der Waals surface area contributed by atoms with Gasteiger partial charge in [-0.2, -0.15) is 0 Å². The van der Waals surface area contributed by atoms with E-state index in [4.69, 9.17) is 0 Å². The van der Waals surface area contributed by atoms with Crippen molar-refractivity contribution in [2.75, 3.05) is 5.75 Å². The van der Waals surface area contributed by atoms with Gasteiger partial charge in [-0.05, 0) is 40.9 Å². The number of amides is 1. The van der Waals surface area contributed by atoms with E-state index < -0.39 is 10.0 Å². The molecule has 0 radical (unpaired) electrons. The summed E-state index contributed by atoms with van der Waals surface area (Å²) in [5.74, 6) is 0.248. The molecule has 0 aromatic heterocycles. The Bertz CT molecular complexity index is 1060. The number of nitrogens with zero attached hydrogens (tertiary/aromatic N) is 1. The molecule has 31 heavy (non-hydrogen) atoms. The number of fused-ring (bicyclic) bond motifs is 1. The third-order valence-electron chi connectivity index (χ3n) is 8.23. The topological polar surface area (TPSA) is 54.5 Å². The normalized spacial score (nSPS) is 28.5. The molecule has 5 heteroatoms. The number of hydrogen-bond acceptors (Lipinski definition) is 3. The second-order valence-electron chi connectivity index (χ2n) is 10.0. The number of rotatable bonds is 5. The molecule has 0 N–H and O–H groups in total. The molecule has 2 aromatic rings.